The molecule has 0 radical (unpaired) electrons. The maximum absolute atomic E-state index is 5.30. The van der Waals surface area contributed by atoms with Gasteiger partial charge in [-0.15, -0.1) is 0 Å². The van der Waals surface area contributed by atoms with E-state index in [1.54, 1.807) is 6.20 Å². The van der Waals surface area contributed by atoms with E-state index in [9.17, 15) is 0 Å². The molecule has 1 heterocycles. The Balaban J connectivity index is 2.52. The molecular formula is C8H10BrNO. The summed E-state index contributed by atoms with van der Waals surface area (Å²) >= 11 is 3.28. The van der Waals surface area contributed by atoms with Crippen LogP contribution in [0.15, 0.2) is 18.3 Å². The number of aryl methyl sites for hydroxylation is 1. The molecule has 0 bridgehead atoms. The van der Waals surface area contributed by atoms with E-state index < -0.39 is 0 Å². The van der Waals surface area contributed by atoms with E-state index in [4.69, 9.17) is 4.74 Å². The van der Waals surface area contributed by atoms with Gasteiger partial charge < -0.3 is 4.74 Å². The Morgan fingerprint density at radius 1 is 1.55 bits per heavy atom. The maximum Gasteiger partial charge on any atom is 0.137 e. The minimum atomic E-state index is 0.685. The van der Waals surface area contributed by atoms with Crippen LogP contribution < -0.4 is 4.74 Å². The minimum Gasteiger partial charge on any atom is -0.491 e. The van der Waals surface area contributed by atoms with Crippen LogP contribution in [-0.2, 0) is 0 Å². The summed E-state index contributed by atoms with van der Waals surface area (Å²) in [5.41, 5.74) is 1.01. The first-order valence-corrected chi connectivity index (χ1v) is 4.56. The Morgan fingerprint density at radius 2 is 2.36 bits per heavy atom. The predicted molar refractivity (Wildman–Crippen MR) is 48.3 cm³/mol. The van der Waals surface area contributed by atoms with Crippen LogP contribution in [0.5, 0.6) is 5.75 Å². The van der Waals surface area contributed by atoms with Crippen molar-refractivity contribution < 1.29 is 4.74 Å². The summed E-state index contributed by atoms with van der Waals surface area (Å²) < 4.78 is 5.30. The molecule has 2 nitrogen and oxygen atoms in total. The Bertz CT molecular complexity index is 210. The van der Waals surface area contributed by atoms with E-state index in [0.717, 1.165) is 16.8 Å². The molecule has 0 unspecified atom stereocenters. The molecule has 0 saturated carbocycles. The van der Waals surface area contributed by atoms with Crippen molar-refractivity contribution in [1.29, 1.82) is 0 Å². The van der Waals surface area contributed by atoms with Crippen LogP contribution in [0, 0.1) is 6.92 Å². The smallest absolute Gasteiger partial charge is 0.137 e. The van der Waals surface area contributed by atoms with Gasteiger partial charge in [0.2, 0.25) is 0 Å². The molecule has 3 heteroatoms. The Labute approximate surface area is 74.7 Å². The summed E-state index contributed by atoms with van der Waals surface area (Å²) in [5, 5.41) is 0.848. The van der Waals surface area contributed by atoms with Crippen LogP contribution >= 0.6 is 15.9 Å². The molecular weight excluding hydrogens is 206 g/mol. The fraction of sp³-hybridized carbons (Fsp3) is 0.375. The van der Waals surface area contributed by atoms with Gasteiger partial charge >= 0.3 is 0 Å². The van der Waals surface area contributed by atoms with E-state index in [0.29, 0.717) is 6.61 Å². The molecule has 0 fully saturated rings. The van der Waals surface area contributed by atoms with E-state index in [1.165, 1.54) is 0 Å². The molecule has 0 atom stereocenters. The van der Waals surface area contributed by atoms with Gasteiger partial charge in [0, 0.05) is 11.0 Å². The zero-order chi connectivity index (χ0) is 8.10. The third kappa shape index (κ3) is 2.89. The van der Waals surface area contributed by atoms with Gasteiger partial charge in [-0.25, -0.2) is 0 Å². The summed E-state index contributed by atoms with van der Waals surface area (Å²) in [5.74, 6) is 0.829. The lowest BCUT2D eigenvalue weighted by molar-refractivity contribution is 0.343. The van der Waals surface area contributed by atoms with Gasteiger partial charge in [-0.3, -0.25) is 4.98 Å². The highest BCUT2D eigenvalue weighted by atomic mass is 79.9. The first-order chi connectivity index (χ1) is 5.33. The average Bonchev–Trinajstić information content (AvgIpc) is 2.04. The third-order valence-corrected chi connectivity index (χ3v) is 1.55. The average molecular weight is 216 g/mol. The summed E-state index contributed by atoms with van der Waals surface area (Å²) in [6.07, 6.45) is 1.73. The lowest BCUT2D eigenvalue weighted by Gasteiger charge is -2.02. The topological polar surface area (TPSA) is 22.1 Å². The molecule has 0 saturated heterocycles. The number of halogens is 1. The van der Waals surface area contributed by atoms with Crippen molar-refractivity contribution in [2.45, 2.75) is 6.92 Å². The second-order valence-electron chi connectivity index (χ2n) is 2.17. The van der Waals surface area contributed by atoms with Crippen molar-refractivity contribution in [2.24, 2.45) is 0 Å². The van der Waals surface area contributed by atoms with Gasteiger partial charge in [-0.2, -0.15) is 0 Å². The van der Waals surface area contributed by atoms with Crippen LogP contribution in [-0.4, -0.2) is 16.9 Å². The minimum absolute atomic E-state index is 0.685. The quantitative estimate of drug-likeness (QED) is 0.722. The summed E-state index contributed by atoms with van der Waals surface area (Å²) in [6.45, 7) is 2.64. The molecule has 0 N–H and O–H groups in total. The number of ether oxygens (including phenoxy) is 1. The van der Waals surface area contributed by atoms with Crippen molar-refractivity contribution in [3.63, 3.8) is 0 Å². The molecule has 1 rings (SSSR count). The molecule has 11 heavy (non-hydrogen) atoms. The predicted octanol–water partition coefficient (Wildman–Crippen LogP) is 2.16. The van der Waals surface area contributed by atoms with Crippen LogP contribution in [0.25, 0.3) is 0 Å². The van der Waals surface area contributed by atoms with Gasteiger partial charge in [-0.1, -0.05) is 15.9 Å². The summed E-state index contributed by atoms with van der Waals surface area (Å²) in [7, 11) is 0. The normalized spacial score (nSPS) is 9.64. The maximum atomic E-state index is 5.30. The number of aromatic nitrogens is 1. The Morgan fingerprint density at radius 3 is 2.91 bits per heavy atom. The van der Waals surface area contributed by atoms with Gasteiger partial charge in [0.15, 0.2) is 0 Å². The fourth-order valence-corrected chi connectivity index (χ4v) is 0.858. The number of alkyl halides is 1. The van der Waals surface area contributed by atoms with Crippen molar-refractivity contribution in [3.05, 3.63) is 24.0 Å². The number of rotatable bonds is 3. The molecule has 0 spiro atoms. The largest absolute Gasteiger partial charge is 0.491 e. The lowest BCUT2D eigenvalue weighted by atomic mass is 10.4. The number of hydrogen-bond donors (Lipinski definition) is 0. The molecule has 1 aromatic heterocycles. The zero-order valence-corrected chi connectivity index (χ0v) is 7.97. The molecule has 0 aliphatic carbocycles. The molecule has 0 amide bonds. The van der Waals surface area contributed by atoms with Gasteiger partial charge in [0.05, 0.1) is 12.8 Å². The highest BCUT2D eigenvalue weighted by Crippen LogP contribution is 2.08. The van der Waals surface area contributed by atoms with Gasteiger partial charge in [0.25, 0.3) is 0 Å². The number of nitrogens with zero attached hydrogens (tertiary/aromatic N) is 1. The standard InChI is InChI=1S/C8H10BrNO/c1-7-2-3-8(6-10-7)11-5-4-9/h2-3,6H,4-5H2,1H3. The first kappa shape index (κ1) is 8.53. The monoisotopic (exact) mass is 215 g/mol. The van der Waals surface area contributed by atoms with Crippen LogP contribution in [0.2, 0.25) is 0 Å². The Hall–Kier alpha value is -0.570. The van der Waals surface area contributed by atoms with Gasteiger partial charge in [-0.05, 0) is 19.1 Å². The number of pyridine rings is 1. The summed E-state index contributed by atoms with van der Waals surface area (Å²) in [6, 6.07) is 3.86. The molecule has 0 aliphatic rings. The van der Waals surface area contributed by atoms with Crippen molar-refractivity contribution >= 4 is 15.9 Å². The van der Waals surface area contributed by atoms with E-state index in [1.807, 2.05) is 19.1 Å². The zero-order valence-electron chi connectivity index (χ0n) is 6.38. The SMILES string of the molecule is Cc1ccc(OCCBr)cn1. The van der Waals surface area contributed by atoms with E-state index in [2.05, 4.69) is 20.9 Å². The lowest BCUT2D eigenvalue weighted by Crippen LogP contribution is -1.97. The Kier molecular flexibility index (Phi) is 3.36. The third-order valence-electron chi connectivity index (χ3n) is 1.23. The van der Waals surface area contributed by atoms with Gasteiger partial charge in [0.1, 0.15) is 5.75 Å². The molecule has 0 aliphatic heterocycles. The number of hydrogen-bond acceptors (Lipinski definition) is 2. The second-order valence-corrected chi connectivity index (χ2v) is 2.97. The highest BCUT2D eigenvalue weighted by Gasteiger charge is 1.91. The van der Waals surface area contributed by atoms with Crippen LogP contribution in [0.3, 0.4) is 0 Å². The summed E-state index contributed by atoms with van der Waals surface area (Å²) in [4.78, 5) is 4.09. The van der Waals surface area contributed by atoms with Crippen LogP contribution in [0.1, 0.15) is 5.69 Å². The molecule has 60 valence electrons. The molecule has 1 aromatic rings. The van der Waals surface area contributed by atoms with Crippen molar-refractivity contribution in [3.8, 4) is 5.75 Å². The van der Waals surface area contributed by atoms with Crippen molar-refractivity contribution in [1.82, 2.24) is 4.98 Å². The second kappa shape index (κ2) is 4.34. The van der Waals surface area contributed by atoms with E-state index in [-0.39, 0.29) is 0 Å². The molecule has 0 aromatic carbocycles. The fourth-order valence-electron chi connectivity index (χ4n) is 0.696. The highest BCUT2D eigenvalue weighted by molar-refractivity contribution is 9.09. The first-order valence-electron chi connectivity index (χ1n) is 3.44. The van der Waals surface area contributed by atoms with Crippen molar-refractivity contribution in [2.75, 3.05) is 11.9 Å². The van der Waals surface area contributed by atoms with Crippen LogP contribution in [0.4, 0.5) is 0 Å². The van der Waals surface area contributed by atoms with E-state index >= 15 is 0 Å².